The van der Waals surface area contributed by atoms with Crippen molar-refractivity contribution in [3.8, 4) is 0 Å². The standard InChI is InChI=1S/C20H23Cl2N3O2/c1-24(13-15-2-3-16(21)12-19(15)22)14-20(26)23-17-4-6-18(7-5-17)25-8-10-27-11-9-25/h2-7,12H,8-11,13-14H2,1H3,(H,23,26). The van der Waals surface area contributed by atoms with Gasteiger partial charge in [-0.1, -0.05) is 29.3 Å². The van der Waals surface area contributed by atoms with Gasteiger partial charge in [0.15, 0.2) is 0 Å². The molecule has 1 N–H and O–H groups in total. The molecule has 1 amide bonds. The Morgan fingerprint density at radius 3 is 2.52 bits per heavy atom. The topological polar surface area (TPSA) is 44.8 Å². The number of rotatable bonds is 6. The Labute approximate surface area is 169 Å². The minimum Gasteiger partial charge on any atom is -0.378 e. The molecule has 5 nitrogen and oxygen atoms in total. The van der Waals surface area contributed by atoms with Crippen molar-refractivity contribution in [1.82, 2.24) is 4.90 Å². The summed E-state index contributed by atoms with van der Waals surface area (Å²) in [4.78, 5) is 16.5. The monoisotopic (exact) mass is 407 g/mol. The molecule has 0 aliphatic carbocycles. The first-order chi connectivity index (χ1) is 13.0. The van der Waals surface area contributed by atoms with E-state index in [1.807, 2.05) is 42.3 Å². The Morgan fingerprint density at radius 1 is 1.15 bits per heavy atom. The van der Waals surface area contributed by atoms with Gasteiger partial charge in [0.25, 0.3) is 0 Å². The lowest BCUT2D eigenvalue weighted by molar-refractivity contribution is -0.117. The lowest BCUT2D eigenvalue weighted by Gasteiger charge is -2.28. The van der Waals surface area contributed by atoms with E-state index in [4.69, 9.17) is 27.9 Å². The van der Waals surface area contributed by atoms with Crippen molar-refractivity contribution >= 4 is 40.5 Å². The van der Waals surface area contributed by atoms with Crippen LogP contribution in [0, 0.1) is 0 Å². The highest BCUT2D eigenvalue weighted by Crippen LogP contribution is 2.22. The summed E-state index contributed by atoms with van der Waals surface area (Å²) in [5, 5.41) is 4.14. The summed E-state index contributed by atoms with van der Waals surface area (Å²) < 4.78 is 5.37. The van der Waals surface area contributed by atoms with E-state index in [0.717, 1.165) is 43.2 Å². The zero-order chi connectivity index (χ0) is 19.2. The third-order valence-corrected chi connectivity index (χ3v) is 4.98. The highest BCUT2D eigenvalue weighted by Gasteiger charge is 2.12. The largest absolute Gasteiger partial charge is 0.378 e. The first-order valence-electron chi connectivity index (χ1n) is 8.86. The lowest BCUT2D eigenvalue weighted by Crippen LogP contribution is -2.36. The maximum atomic E-state index is 12.3. The number of nitrogens with one attached hydrogen (secondary N) is 1. The summed E-state index contributed by atoms with van der Waals surface area (Å²) in [7, 11) is 1.88. The third kappa shape index (κ3) is 5.84. The average Bonchev–Trinajstić information content (AvgIpc) is 2.65. The van der Waals surface area contributed by atoms with Gasteiger partial charge in [-0.2, -0.15) is 0 Å². The van der Waals surface area contributed by atoms with E-state index >= 15 is 0 Å². The lowest BCUT2D eigenvalue weighted by atomic mass is 10.2. The van der Waals surface area contributed by atoms with Crippen LogP contribution in [0.4, 0.5) is 11.4 Å². The summed E-state index contributed by atoms with van der Waals surface area (Å²) in [6.45, 7) is 4.13. The molecular weight excluding hydrogens is 385 g/mol. The van der Waals surface area contributed by atoms with Gasteiger partial charge in [0, 0.05) is 41.1 Å². The second-order valence-electron chi connectivity index (χ2n) is 6.60. The molecule has 0 aromatic heterocycles. The van der Waals surface area contributed by atoms with Crippen LogP contribution < -0.4 is 10.2 Å². The van der Waals surface area contributed by atoms with Crippen molar-refractivity contribution in [2.24, 2.45) is 0 Å². The Morgan fingerprint density at radius 2 is 1.85 bits per heavy atom. The van der Waals surface area contributed by atoms with E-state index in [0.29, 0.717) is 16.6 Å². The van der Waals surface area contributed by atoms with Gasteiger partial charge in [-0.25, -0.2) is 0 Å². The summed E-state index contributed by atoms with van der Waals surface area (Å²) in [6.07, 6.45) is 0. The van der Waals surface area contributed by atoms with Gasteiger partial charge in [0.2, 0.25) is 5.91 Å². The molecule has 0 unspecified atom stereocenters. The molecule has 0 saturated carbocycles. The fraction of sp³-hybridized carbons (Fsp3) is 0.350. The summed E-state index contributed by atoms with van der Waals surface area (Å²) in [6, 6.07) is 13.3. The van der Waals surface area contributed by atoms with Crippen LogP contribution in [-0.2, 0) is 16.1 Å². The molecule has 144 valence electrons. The molecule has 1 saturated heterocycles. The number of nitrogens with zero attached hydrogens (tertiary/aromatic N) is 2. The fourth-order valence-corrected chi connectivity index (χ4v) is 3.49. The Balaban J connectivity index is 1.50. The fourth-order valence-electron chi connectivity index (χ4n) is 3.02. The first-order valence-corrected chi connectivity index (χ1v) is 9.62. The maximum absolute atomic E-state index is 12.3. The number of carbonyl (C=O) groups excluding carboxylic acids is 1. The molecule has 0 radical (unpaired) electrons. The van der Waals surface area contributed by atoms with E-state index in [-0.39, 0.29) is 12.5 Å². The summed E-state index contributed by atoms with van der Waals surface area (Å²) in [5.41, 5.74) is 2.87. The van der Waals surface area contributed by atoms with Gasteiger partial charge < -0.3 is 15.0 Å². The molecule has 2 aromatic carbocycles. The van der Waals surface area contributed by atoms with E-state index in [9.17, 15) is 4.79 Å². The van der Waals surface area contributed by atoms with E-state index in [1.54, 1.807) is 12.1 Å². The number of hydrogen-bond donors (Lipinski definition) is 1. The molecule has 27 heavy (non-hydrogen) atoms. The number of halogens is 2. The highest BCUT2D eigenvalue weighted by molar-refractivity contribution is 6.35. The predicted molar refractivity (Wildman–Crippen MR) is 111 cm³/mol. The number of morpholine rings is 1. The van der Waals surface area contributed by atoms with E-state index in [2.05, 4.69) is 10.2 Å². The highest BCUT2D eigenvalue weighted by atomic mass is 35.5. The Hall–Kier alpha value is -1.79. The van der Waals surface area contributed by atoms with E-state index in [1.165, 1.54) is 0 Å². The number of hydrogen-bond acceptors (Lipinski definition) is 4. The number of carbonyl (C=O) groups is 1. The number of ether oxygens (including phenoxy) is 1. The molecule has 3 rings (SSSR count). The second kappa shape index (κ2) is 9.42. The molecule has 2 aromatic rings. The zero-order valence-electron chi connectivity index (χ0n) is 15.3. The predicted octanol–water partition coefficient (Wildman–Crippen LogP) is 3.90. The molecule has 0 bridgehead atoms. The average molecular weight is 408 g/mol. The number of anilines is 2. The second-order valence-corrected chi connectivity index (χ2v) is 7.45. The van der Waals surface area contributed by atoms with Crippen molar-refractivity contribution in [3.63, 3.8) is 0 Å². The van der Waals surface area contributed by atoms with Crippen molar-refractivity contribution in [2.45, 2.75) is 6.54 Å². The summed E-state index contributed by atoms with van der Waals surface area (Å²) in [5.74, 6) is -0.0679. The zero-order valence-corrected chi connectivity index (χ0v) is 16.8. The Kier molecular flexibility index (Phi) is 6.96. The minimum atomic E-state index is -0.0679. The van der Waals surface area contributed by atoms with Gasteiger partial charge in [-0.15, -0.1) is 0 Å². The van der Waals surface area contributed by atoms with Gasteiger partial charge in [-0.3, -0.25) is 9.69 Å². The van der Waals surface area contributed by atoms with Crippen LogP contribution in [0.15, 0.2) is 42.5 Å². The van der Waals surface area contributed by atoms with Crippen molar-refractivity contribution in [2.75, 3.05) is 50.1 Å². The van der Waals surface area contributed by atoms with Crippen LogP contribution in [0.3, 0.4) is 0 Å². The molecule has 1 aliphatic heterocycles. The van der Waals surface area contributed by atoms with Crippen molar-refractivity contribution in [3.05, 3.63) is 58.1 Å². The number of benzene rings is 2. The summed E-state index contributed by atoms with van der Waals surface area (Å²) >= 11 is 12.1. The van der Waals surface area contributed by atoms with Gasteiger partial charge in [0.1, 0.15) is 0 Å². The van der Waals surface area contributed by atoms with Gasteiger partial charge in [-0.05, 0) is 49.0 Å². The minimum absolute atomic E-state index is 0.0679. The van der Waals surface area contributed by atoms with Crippen molar-refractivity contribution < 1.29 is 9.53 Å². The third-order valence-electron chi connectivity index (χ3n) is 4.40. The van der Waals surface area contributed by atoms with Crippen LogP contribution in [0.25, 0.3) is 0 Å². The molecule has 7 heteroatoms. The number of amides is 1. The molecule has 1 heterocycles. The first kappa shape index (κ1) is 20.0. The molecule has 0 spiro atoms. The maximum Gasteiger partial charge on any atom is 0.238 e. The van der Waals surface area contributed by atoms with Crippen LogP contribution in [-0.4, -0.2) is 50.7 Å². The van der Waals surface area contributed by atoms with Crippen molar-refractivity contribution in [1.29, 1.82) is 0 Å². The van der Waals surface area contributed by atoms with Crippen LogP contribution >= 0.6 is 23.2 Å². The molecule has 0 atom stereocenters. The molecular formula is C20H23Cl2N3O2. The SMILES string of the molecule is CN(CC(=O)Nc1ccc(N2CCOCC2)cc1)Cc1ccc(Cl)cc1Cl. The quantitative estimate of drug-likeness (QED) is 0.788. The smallest absolute Gasteiger partial charge is 0.238 e. The van der Waals surface area contributed by atoms with Crippen LogP contribution in [0.1, 0.15) is 5.56 Å². The van der Waals surface area contributed by atoms with Crippen LogP contribution in [0.5, 0.6) is 0 Å². The molecule has 1 aliphatic rings. The Bertz CT molecular complexity index is 777. The van der Waals surface area contributed by atoms with E-state index < -0.39 is 0 Å². The molecule has 1 fully saturated rings. The van der Waals surface area contributed by atoms with Crippen LogP contribution in [0.2, 0.25) is 10.0 Å². The number of likely N-dealkylation sites (N-methyl/N-ethyl adjacent to an activating group) is 1. The normalized spacial score (nSPS) is 14.4. The van der Waals surface area contributed by atoms with Gasteiger partial charge in [0.05, 0.1) is 19.8 Å². The van der Waals surface area contributed by atoms with Gasteiger partial charge >= 0.3 is 0 Å².